The molecule has 8 heteroatoms. The maximum atomic E-state index is 13.5. The highest BCUT2D eigenvalue weighted by molar-refractivity contribution is 5.87. The third-order valence-corrected chi connectivity index (χ3v) is 7.50. The van der Waals surface area contributed by atoms with Crippen LogP contribution in [0.2, 0.25) is 0 Å². The fourth-order valence-corrected chi connectivity index (χ4v) is 5.77. The number of aliphatic hydroxyl groups is 2. The summed E-state index contributed by atoms with van der Waals surface area (Å²) in [6.45, 7) is 6.14. The minimum Gasteiger partial charge on any atom is -0.393 e. The maximum absolute atomic E-state index is 13.5. The molecule has 32 heavy (non-hydrogen) atoms. The van der Waals surface area contributed by atoms with E-state index in [1.165, 1.54) is 0 Å². The van der Waals surface area contributed by atoms with E-state index in [2.05, 4.69) is 5.32 Å². The molecule has 3 rings (SSSR count). The molecule has 182 valence electrons. The van der Waals surface area contributed by atoms with Crippen molar-refractivity contribution in [3.05, 3.63) is 12.2 Å². The van der Waals surface area contributed by atoms with Crippen LogP contribution < -0.4 is 5.32 Å². The number of nitrogens with zero attached hydrogens (tertiary/aromatic N) is 2. The number of hydrogen-bond donors (Lipinski definition) is 3. The topological polar surface area (TPSA) is 102 Å². The van der Waals surface area contributed by atoms with Crippen LogP contribution in [0.15, 0.2) is 12.2 Å². The summed E-state index contributed by atoms with van der Waals surface area (Å²) < 4.78 is 5.84. The molecule has 2 amide bonds. The second kappa shape index (κ2) is 11.1. The molecule has 2 saturated carbocycles. The van der Waals surface area contributed by atoms with E-state index in [4.69, 9.17) is 4.74 Å². The van der Waals surface area contributed by atoms with Crippen LogP contribution in [-0.4, -0.2) is 96.5 Å². The van der Waals surface area contributed by atoms with Gasteiger partial charge in [-0.2, -0.15) is 0 Å². The Balaban J connectivity index is 1.66. The molecule has 1 aliphatic heterocycles. The van der Waals surface area contributed by atoms with Crippen molar-refractivity contribution in [2.45, 2.75) is 63.9 Å². The van der Waals surface area contributed by atoms with Crippen LogP contribution in [0.1, 0.15) is 39.5 Å². The average molecular weight is 452 g/mol. The van der Waals surface area contributed by atoms with E-state index in [0.717, 1.165) is 19.3 Å². The highest BCUT2D eigenvalue weighted by Crippen LogP contribution is 2.39. The van der Waals surface area contributed by atoms with Crippen LogP contribution in [0.3, 0.4) is 0 Å². The van der Waals surface area contributed by atoms with Crippen molar-refractivity contribution in [2.24, 2.45) is 23.7 Å². The van der Waals surface area contributed by atoms with E-state index in [1.807, 2.05) is 43.8 Å². The van der Waals surface area contributed by atoms with Crippen LogP contribution in [-0.2, 0) is 14.3 Å². The Labute approximate surface area is 192 Å². The van der Waals surface area contributed by atoms with Gasteiger partial charge in [-0.3, -0.25) is 9.59 Å². The molecule has 0 bridgehead atoms. The van der Waals surface area contributed by atoms with E-state index in [9.17, 15) is 19.8 Å². The first kappa shape index (κ1) is 25.1. The predicted octanol–water partition coefficient (Wildman–Crippen LogP) is 0.630. The first-order valence-corrected chi connectivity index (χ1v) is 12.1. The monoisotopic (exact) mass is 451 g/mol. The molecule has 0 spiro atoms. The molecule has 0 aromatic rings. The van der Waals surface area contributed by atoms with Crippen LogP contribution in [0.5, 0.6) is 0 Å². The van der Waals surface area contributed by atoms with E-state index in [-0.39, 0.29) is 36.1 Å². The minimum absolute atomic E-state index is 0.0581. The summed E-state index contributed by atoms with van der Waals surface area (Å²) in [6.07, 6.45) is 4.57. The Kier molecular flexibility index (Phi) is 8.72. The highest BCUT2D eigenvalue weighted by Gasteiger charge is 2.50. The highest BCUT2D eigenvalue weighted by atomic mass is 16.5. The van der Waals surface area contributed by atoms with Crippen LogP contribution in [0.4, 0.5) is 0 Å². The van der Waals surface area contributed by atoms with E-state index in [1.54, 1.807) is 6.08 Å². The van der Waals surface area contributed by atoms with Gasteiger partial charge in [0.15, 0.2) is 0 Å². The fraction of sp³-hybridized carbons (Fsp3) is 0.833. The van der Waals surface area contributed by atoms with Gasteiger partial charge in [0.1, 0.15) is 0 Å². The Morgan fingerprint density at radius 1 is 1.19 bits per heavy atom. The molecule has 0 aromatic heterocycles. The summed E-state index contributed by atoms with van der Waals surface area (Å²) in [7, 11) is 3.91. The lowest BCUT2D eigenvalue weighted by atomic mass is 9.75. The normalized spacial score (nSPS) is 37.7. The zero-order valence-electron chi connectivity index (χ0n) is 19.9. The van der Waals surface area contributed by atoms with Gasteiger partial charge >= 0.3 is 0 Å². The Hall–Kier alpha value is -1.48. The van der Waals surface area contributed by atoms with Crippen LogP contribution >= 0.6 is 0 Å². The number of likely N-dealkylation sites (N-methyl/N-ethyl adjacent to an activating group) is 1. The van der Waals surface area contributed by atoms with E-state index in [0.29, 0.717) is 32.2 Å². The molecular formula is C24H41N3O5. The average Bonchev–Trinajstić information content (AvgIpc) is 3.17. The second-order valence-electron chi connectivity index (χ2n) is 10.1. The van der Waals surface area contributed by atoms with Crippen molar-refractivity contribution in [1.82, 2.24) is 15.1 Å². The molecule has 0 aromatic carbocycles. The molecule has 0 radical (unpaired) electrons. The number of rotatable bonds is 7. The van der Waals surface area contributed by atoms with Gasteiger partial charge in [-0.1, -0.05) is 19.4 Å². The first-order valence-electron chi connectivity index (χ1n) is 12.1. The van der Waals surface area contributed by atoms with Crippen molar-refractivity contribution >= 4 is 11.8 Å². The number of aliphatic hydroxyl groups excluding tert-OH is 2. The summed E-state index contributed by atoms with van der Waals surface area (Å²) in [4.78, 5) is 29.8. The van der Waals surface area contributed by atoms with Gasteiger partial charge in [0, 0.05) is 56.6 Å². The van der Waals surface area contributed by atoms with Crippen molar-refractivity contribution in [3.8, 4) is 0 Å². The van der Waals surface area contributed by atoms with Crippen molar-refractivity contribution < 1.29 is 24.5 Å². The SMILES string of the molecule is CCOC1C(C)C(O)CC(O)C1C(=O)N1CC2CCCC(NC(=O)/C=C/CN(C)C)C2C1. The molecule has 8 nitrogen and oxygen atoms in total. The molecular weight excluding hydrogens is 410 g/mol. The van der Waals surface area contributed by atoms with Gasteiger partial charge < -0.3 is 30.1 Å². The van der Waals surface area contributed by atoms with Gasteiger partial charge in [-0.05, 0) is 39.8 Å². The second-order valence-corrected chi connectivity index (χ2v) is 10.1. The number of nitrogens with one attached hydrogen (secondary N) is 1. The quantitative estimate of drug-likeness (QED) is 0.491. The van der Waals surface area contributed by atoms with Crippen molar-refractivity contribution in [1.29, 1.82) is 0 Å². The molecule has 8 atom stereocenters. The van der Waals surface area contributed by atoms with E-state index >= 15 is 0 Å². The minimum atomic E-state index is -0.912. The van der Waals surface area contributed by atoms with Gasteiger partial charge in [-0.25, -0.2) is 0 Å². The summed E-state index contributed by atoms with van der Waals surface area (Å²) in [6, 6.07) is 0.0581. The fourth-order valence-electron chi connectivity index (χ4n) is 5.77. The number of hydrogen-bond acceptors (Lipinski definition) is 6. The lowest BCUT2D eigenvalue weighted by molar-refractivity contribution is -0.166. The first-order chi connectivity index (χ1) is 15.2. The maximum Gasteiger partial charge on any atom is 0.243 e. The number of carbonyl (C=O) groups excluding carboxylic acids is 2. The van der Waals surface area contributed by atoms with Crippen LogP contribution in [0, 0.1) is 23.7 Å². The van der Waals surface area contributed by atoms with Gasteiger partial charge in [-0.15, -0.1) is 0 Å². The summed E-state index contributed by atoms with van der Waals surface area (Å²) >= 11 is 0. The number of fused-ring (bicyclic) bond motifs is 1. The Bertz CT molecular complexity index is 685. The molecule has 1 heterocycles. The van der Waals surface area contributed by atoms with Gasteiger partial charge in [0.05, 0.1) is 24.2 Å². The van der Waals surface area contributed by atoms with Gasteiger partial charge in [0.25, 0.3) is 0 Å². The predicted molar refractivity (Wildman–Crippen MR) is 122 cm³/mol. The summed E-state index contributed by atoms with van der Waals surface area (Å²) in [5.41, 5.74) is 0. The number of likely N-dealkylation sites (tertiary alicyclic amines) is 1. The third-order valence-electron chi connectivity index (χ3n) is 7.50. The Morgan fingerprint density at radius 2 is 1.94 bits per heavy atom. The zero-order valence-corrected chi connectivity index (χ0v) is 19.9. The largest absolute Gasteiger partial charge is 0.393 e. The smallest absolute Gasteiger partial charge is 0.243 e. The number of amides is 2. The molecule has 8 unspecified atom stereocenters. The lowest BCUT2D eigenvalue weighted by Crippen LogP contribution is -2.55. The Morgan fingerprint density at radius 3 is 2.62 bits per heavy atom. The molecule has 3 N–H and O–H groups in total. The number of carbonyl (C=O) groups is 2. The van der Waals surface area contributed by atoms with Crippen molar-refractivity contribution in [2.75, 3.05) is 40.3 Å². The molecule has 2 aliphatic carbocycles. The van der Waals surface area contributed by atoms with Crippen LogP contribution in [0.25, 0.3) is 0 Å². The number of ether oxygens (including phenoxy) is 1. The molecule has 3 fully saturated rings. The van der Waals surface area contributed by atoms with E-state index < -0.39 is 24.2 Å². The molecule has 3 aliphatic rings. The standard InChI is InChI=1S/C24H41N3O5/c1-5-32-23-15(2)19(28)12-20(29)22(23)24(31)27-13-16-8-6-9-18(17(16)14-27)25-21(30)10-7-11-26(3)4/h7,10,15-20,22-23,28-29H,5-6,8-9,11-14H2,1-4H3,(H,25,30)/b10-7+. The summed E-state index contributed by atoms with van der Waals surface area (Å²) in [5, 5.41) is 24.1. The van der Waals surface area contributed by atoms with Gasteiger partial charge in [0.2, 0.25) is 11.8 Å². The van der Waals surface area contributed by atoms with Crippen molar-refractivity contribution in [3.63, 3.8) is 0 Å². The zero-order chi connectivity index (χ0) is 23.4. The third kappa shape index (κ3) is 5.71. The summed E-state index contributed by atoms with van der Waals surface area (Å²) in [5.74, 6) is -0.441. The lowest BCUT2D eigenvalue weighted by Gasteiger charge is -2.42. The molecule has 1 saturated heterocycles.